The molecule has 0 spiro atoms. The highest BCUT2D eigenvalue weighted by molar-refractivity contribution is 5.69. The van der Waals surface area contributed by atoms with Crippen molar-refractivity contribution in [3.63, 3.8) is 0 Å². The summed E-state index contributed by atoms with van der Waals surface area (Å²) in [5.74, 6) is 0.407. The van der Waals surface area contributed by atoms with Crippen molar-refractivity contribution in [2.24, 2.45) is 0 Å². The van der Waals surface area contributed by atoms with Gasteiger partial charge in [-0.2, -0.15) is 0 Å². The molecule has 0 unspecified atom stereocenters. The van der Waals surface area contributed by atoms with E-state index in [9.17, 15) is 9.59 Å². The molecule has 0 aliphatic rings. The number of hydrogen-bond acceptors (Lipinski definition) is 5. The molecule has 0 radical (unpaired) electrons. The van der Waals surface area contributed by atoms with Crippen molar-refractivity contribution < 1.29 is 23.8 Å². The smallest absolute Gasteiger partial charge is 0.308 e. The van der Waals surface area contributed by atoms with E-state index in [-0.39, 0.29) is 18.0 Å². The zero-order valence-electron chi connectivity index (χ0n) is 18.6. The maximum Gasteiger partial charge on any atom is 0.308 e. The summed E-state index contributed by atoms with van der Waals surface area (Å²) in [6, 6.07) is 5.36. The van der Waals surface area contributed by atoms with Gasteiger partial charge in [0.1, 0.15) is 17.6 Å². The number of rotatable bonds is 15. The number of benzene rings is 1. The highest BCUT2D eigenvalue weighted by Gasteiger charge is 2.15. The minimum atomic E-state index is -0.379. The van der Waals surface area contributed by atoms with Crippen molar-refractivity contribution >= 4 is 11.9 Å². The van der Waals surface area contributed by atoms with Crippen molar-refractivity contribution in [3.05, 3.63) is 23.8 Å². The highest BCUT2D eigenvalue weighted by Crippen LogP contribution is 2.25. The predicted molar refractivity (Wildman–Crippen MR) is 115 cm³/mol. The van der Waals surface area contributed by atoms with Gasteiger partial charge in [0.15, 0.2) is 0 Å². The number of carbonyl (C=O) groups is 2. The van der Waals surface area contributed by atoms with Gasteiger partial charge < -0.3 is 14.2 Å². The van der Waals surface area contributed by atoms with E-state index in [2.05, 4.69) is 6.92 Å². The summed E-state index contributed by atoms with van der Waals surface area (Å²) < 4.78 is 16.0. The lowest BCUT2D eigenvalue weighted by atomic mass is 10.0. The Morgan fingerprint density at radius 3 is 1.97 bits per heavy atom. The fourth-order valence-electron chi connectivity index (χ4n) is 3.47. The van der Waals surface area contributed by atoms with Crippen LogP contribution in [0, 0.1) is 0 Å². The molecule has 0 N–H and O–H groups in total. The van der Waals surface area contributed by atoms with Crippen molar-refractivity contribution in [3.8, 4) is 11.5 Å². The topological polar surface area (TPSA) is 61.8 Å². The van der Waals surface area contributed by atoms with Crippen molar-refractivity contribution in [2.45, 2.75) is 97.5 Å². The van der Waals surface area contributed by atoms with Gasteiger partial charge in [-0.15, -0.1) is 0 Å². The second kappa shape index (κ2) is 14.9. The molecule has 0 aliphatic heterocycles. The molecule has 0 aliphatic carbocycles. The average molecular weight is 407 g/mol. The van der Waals surface area contributed by atoms with E-state index in [1.54, 1.807) is 19.2 Å². The molecule has 5 nitrogen and oxygen atoms in total. The van der Waals surface area contributed by atoms with Gasteiger partial charge in [0.05, 0.1) is 7.11 Å². The van der Waals surface area contributed by atoms with E-state index < -0.39 is 0 Å². The molecule has 0 heterocycles. The van der Waals surface area contributed by atoms with Crippen LogP contribution in [0.4, 0.5) is 0 Å². The quantitative estimate of drug-likeness (QED) is 0.203. The Hall–Kier alpha value is -2.04. The van der Waals surface area contributed by atoms with E-state index in [0.29, 0.717) is 17.9 Å². The Balaban J connectivity index is 2.52. The lowest BCUT2D eigenvalue weighted by Crippen LogP contribution is -2.19. The van der Waals surface area contributed by atoms with E-state index in [1.807, 2.05) is 6.07 Å². The highest BCUT2D eigenvalue weighted by atomic mass is 16.5. The Morgan fingerprint density at radius 2 is 1.41 bits per heavy atom. The fraction of sp³-hybridized carbons (Fsp3) is 0.667. The van der Waals surface area contributed by atoms with Gasteiger partial charge in [0.2, 0.25) is 0 Å². The van der Waals surface area contributed by atoms with E-state index in [1.165, 1.54) is 58.8 Å². The van der Waals surface area contributed by atoms with Crippen LogP contribution in [-0.2, 0) is 20.7 Å². The van der Waals surface area contributed by atoms with Crippen LogP contribution in [0.2, 0.25) is 0 Å². The van der Waals surface area contributed by atoms with Gasteiger partial charge in [-0.25, -0.2) is 0 Å². The maximum absolute atomic E-state index is 11.5. The number of ether oxygens (including phenoxy) is 3. The Bertz CT molecular complexity index is 611. The number of carbonyl (C=O) groups excluding carboxylic acids is 2. The molecule has 29 heavy (non-hydrogen) atoms. The molecule has 1 aromatic carbocycles. The van der Waals surface area contributed by atoms with Crippen molar-refractivity contribution in [2.75, 3.05) is 7.11 Å². The molecule has 0 bridgehead atoms. The van der Waals surface area contributed by atoms with Crippen LogP contribution >= 0.6 is 0 Å². The summed E-state index contributed by atoms with van der Waals surface area (Å²) in [6.07, 6.45) is 12.5. The van der Waals surface area contributed by atoms with Crippen LogP contribution in [-0.4, -0.2) is 25.2 Å². The minimum absolute atomic E-state index is 0.186. The first kappa shape index (κ1) is 25.0. The van der Waals surface area contributed by atoms with Crippen molar-refractivity contribution in [1.82, 2.24) is 0 Å². The summed E-state index contributed by atoms with van der Waals surface area (Å²) in [7, 11) is 1.57. The molecule has 164 valence electrons. The molecular formula is C24H38O5. The van der Waals surface area contributed by atoms with Gasteiger partial charge in [0.25, 0.3) is 0 Å². The summed E-state index contributed by atoms with van der Waals surface area (Å²) in [5.41, 5.74) is 0.919. The predicted octanol–water partition coefficient (Wildman–Crippen LogP) is 6.02. The van der Waals surface area contributed by atoms with E-state index in [0.717, 1.165) is 24.8 Å². The monoisotopic (exact) mass is 406 g/mol. The summed E-state index contributed by atoms with van der Waals surface area (Å²) in [4.78, 5) is 22.8. The number of esters is 2. The zero-order valence-corrected chi connectivity index (χ0v) is 18.6. The Morgan fingerprint density at radius 1 is 0.828 bits per heavy atom. The normalized spacial score (nSPS) is 11.7. The van der Waals surface area contributed by atoms with E-state index >= 15 is 0 Å². The summed E-state index contributed by atoms with van der Waals surface area (Å²) in [6.45, 7) is 5.05. The van der Waals surface area contributed by atoms with Gasteiger partial charge in [0, 0.05) is 26.3 Å². The first-order valence-electron chi connectivity index (χ1n) is 11.0. The Labute approximate surface area is 176 Å². The lowest BCUT2D eigenvalue weighted by molar-refractivity contribution is -0.146. The largest absolute Gasteiger partial charge is 0.497 e. The molecule has 5 heteroatoms. The molecule has 0 saturated carbocycles. The average Bonchev–Trinajstić information content (AvgIpc) is 2.65. The molecule has 1 rings (SSSR count). The SMILES string of the molecule is CCCCCCCCCCC[C@H](Cc1cc(OC)cc(OC(C)=O)c1)OC(C)=O. The third kappa shape index (κ3) is 12.2. The van der Waals surface area contributed by atoms with Crippen LogP contribution in [0.1, 0.15) is 90.5 Å². The maximum atomic E-state index is 11.5. The van der Waals surface area contributed by atoms with Crippen LogP contribution in [0.25, 0.3) is 0 Å². The second-order valence-electron chi connectivity index (χ2n) is 7.66. The molecule has 1 atom stereocenters. The summed E-state index contributed by atoms with van der Waals surface area (Å²) >= 11 is 0. The number of methoxy groups -OCH3 is 1. The molecule has 0 amide bonds. The van der Waals surface area contributed by atoms with Crippen LogP contribution in [0.3, 0.4) is 0 Å². The number of hydrogen-bond donors (Lipinski definition) is 0. The van der Waals surface area contributed by atoms with Gasteiger partial charge in [-0.05, 0) is 30.5 Å². The Kier molecular flexibility index (Phi) is 12.8. The van der Waals surface area contributed by atoms with Gasteiger partial charge >= 0.3 is 11.9 Å². The first-order chi connectivity index (χ1) is 13.9. The third-order valence-corrected chi connectivity index (χ3v) is 4.86. The third-order valence-electron chi connectivity index (χ3n) is 4.86. The van der Waals surface area contributed by atoms with E-state index in [4.69, 9.17) is 14.2 Å². The fourth-order valence-corrected chi connectivity index (χ4v) is 3.47. The van der Waals surface area contributed by atoms with Crippen LogP contribution in [0.15, 0.2) is 18.2 Å². The standard InChI is InChI=1S/C24H38O5/c1-5-6-7-8-9-10-11-12-13-14-22(28-19(2)25)15-21-16-23(27-4)18-24(17-21)29-20(3)26/h16-18,22H,5-15H2,1-4H3/t22-/m1/s1. The molecule has 0 fully saturated rings. The van der Waals surface area contributed by atoms with Gasteiger partial charge in [-0.1, -0.05) is 58.3 Å². The van der Waals surface area contributed by atoms with Crippen LogP contribution < -0.4 is 9.47 Å². The number of unbranched alkanes of at least 4 members (excludes halogenated alkanes) is 8. The molecular weight excluding hydrogens is 368 g/mol. The molecule has 0 aromatic heterocycles. The molecule has 1 aromatic rings. The van der Waals surface area contributed by atoms with Gasteiger partial charge in [-0.3, -0.25) is 9.59 Å². The summed E-state index contributed by atoms with van der Waals surface area (Å²) in [5, 5.41) is 0. The first-order valence-corrected chi connectivity index (χ1v) is 11.0. The molecule has 0 saturated heterocycles. The lowest BCUT2D eigenvalue weighted by Gasteiger charge is -2.18. The second-order valence-corrected chi connectivity index (χ2v) is 7.66. The minimum Gasteiger partial charge on any atom is -0.497 e. The van der Waals surface area contributed by atoms with Crippen molar-refractivity contribution in [1.29, 1.82) is 0 Å². The zero-order chi connectivity index (χ0) is 21.5. The van der Waals surface area contributed by atoms with Crippen LogP contribution in [0.5, 0.6) is 11.5 Å².